The maximum Gasteiger partial charge on any atom is 0.326 e. The molecule has 0 aliphatic rings. The Labute approximate surface area is 139 Å². The lowest BCUT2D eigenvalue weighted by Crippen LogP contribution is -2.36. The molecule has 1 aromatic carbocycles. The summed E-state index contributed by atoms with van der Waals surface area (Å²) in [5.74, 6) is -0.117. The van der Waals surface area contributed by atoms with Crippen LogP contribution < -0.4 is 9.04 Å². The van der Waals surface area contributed by atoms with E-state index < -0.39 is 22.5 Å². The van der Waals surface area contributed by atoms with Gasteiger partial charge < -0.3 is 9.47 Å². The SMILES string of the molecule is CCOC(=O)CN(c1cccc(OC)c1)S(=O)(=O)c1cccs1. The highest BCUT2D eigenvalue weighted by Crippen LogP contribution is 2.28. The van der Waals surface area contributed by atoms with Gasteiger partial charge in [-0.1, -0.05) is 12.1 Å². The second-order valence-corrected chi connectivity index (χ2v) is 7.49. The lowest BCUT2D eigenvalue weighted by atomic mass is 10.3. The fraction of sp³-hybridized carbons (Fsp3) is 0.267. The van der Waals surface area contributed by atoms with Gasteiger partial charge in [0.2, 0.25) is 0 Å². The Hall–Kier alpha value is -2.06. The number of carbonyl (C=O) groups excluding carboxylic acids is 1. The molecule has 0 bridgehead atoms. The molecule has 0 aliphatic heterocycles. The second kappa shape index (κ2) is 7.47. The number of esters is 1. The van der Waals surface area contributed by atoms with Crippen molar-refractivity contribution < 1.29 is 22.7 Å². The van der Waals surface area contributed by atoms with Crippen LogP contribution in [0.25, 0.3) is 0 Å². The third kappa shape index (κ3) is 4.02. The molecule has 2 aromatic rings. The van der Waals surface area contributed by atoms with E-state index in [-0.39, 0.29) is 10.8 Å². The van der Waals surface area contributed by atoms with Gasteiger partial charge in [0.25, 0.3) is 10.0 Å². The van der Waals surface area contributed by atoms with Crippen molar-refractivity contribution in [3.05, 3.63) is 41.8 Å². The van der Waals surface area contributed by atoms with Crippen LogP contribution in [0.4, 0.5) is 5.69 Å². The molecule has 0 amide bonds. The number of ether oxygens (including phenoxy) is 2. The van der Waals surface area contributed by atoms with Crippen molar-refractivity contribution in [2.24, 2.45) is 0 Å². The van der Waals surface area contributed by atoms with Gasteiger partial charge in [-0.15, -0.1) is 11.3 Å². The number of thiophene rings is 1. The van der Waals surface area contributed by atoms with Crippen LogP contribution in [-0.4, -0.2) is 34.6 Å². The summed E-state index contributed by atoms with van der Waals surface area (Å²) in [5, 5.41) is 1.67. The first kappa shape index (κ1) is 17.3. The number of methoxy groups -OCH3 is 1. The molecule has 1 heterocycles. The van der Waals surface area contributed by atoms with Crippen LogP contribution in [-0.2, 0) is 19.6 Å². The first-order valence-electron chi connectivity index (χ1n) is 6.85. The summed E-state index contributed by atoms with van der Waals surface area (Å²) in [6.45, 7) is 1.45. The number of sulfonamides is 1. The minimum absolute atomic E-state index is 0.157. The van der Waals surface area contributed by atoms with E-state index in [1.54, 1.807) is 42.6 Å². The Kier molecular flexibility index (Phi) is 5.62. The lowest BCUT2D eigenvalue weighted by Gasteiger charge is -2.23. The molecule has 0 unspecified atom stereocenters. The molecule has 8 heteroatoms. The molecule has 0 spiro atoms. The van der Waals surface area contributed by atoms with Crippen LogP contribution in [0.15, 0.2) is 46.0 Å². The Morgan fingerprint density at radius 2 is 2.04 bits per heavy atom. The van der Waals surface area contributed by atoms with Crippen LogP contribution >= 0.6 is 11.3 Å². The lowest BCUT2D eigenvalue weighted by molar-refractivity contribution is -0.141. The van der Waals surface area contributed by atoms with Crippen molar-refractivity contribution >= 4 is 33.0 Å². The molecule has 0 saturated heterocycles. The van der Waals surface area contributed by atoms with Gasteiger partial charge in [0.15, 0.2) is 0 Å². The van der Waals surface area contributed by atoms with Crippen molar-refractivity contribution in [1.82, 2.24) is 0 Å². The first-order valence-corrected chi connectivity index (χ1v) is 9.17. The van der Waals surface area contributed by atoms with E-state index in [1.807, 2.05) is 0 Å². The molecule has 0 atom stereocenters. The van der Waals surface area contributed by atoms with E-state index in [4.69, 9.17) is 9.47 Å². The van der Waals surface area contributed by atoms with E-state index in [2.05, 4.69) is 0 Å². The summed E-state index contributed by atoms with van der Waals surface area (Å²) in [6.07, 6.45) is 0. The minimum atomic E-state index is -3.85. The summed E-state index contributed by atoms with van der Waals surface area (Å²) in [4.78, 5) is 11.8. The van der Waals surface area contributed by atoms with Crippen LogP contribution in [0.1, 0.15) is 6.92 Å². The summed E-state index contributed by atoms with van der Waals surface area (Å²) in [5.41, 5.74) is 0.339. The van der Waals surface area contributed by atoms with Gasteiger partial charge >= 0.3 is 5.97 Å². The second-order valence-electron chi connectivity index (χ2n) is 4.45. The average molecular weight is 355 g/mol. The Bertz CT molecular complexity index is 756. The molecule has 6 nitrogen and oxygen atoms in total. The summed E-state index contributed by atoms with van der Waals surface area (Å²) >= 11 is 1.09. The molecule has 0 N–H and O–H groups in total. The topological polar surface area (TPSA) is 72.9 Å². The van der Waals surface area contributed by atoms with Crippen molar-refractivity contribution in [3.63, 3.8) is 0 Å². The maximum atomic E-state index is 12.8. The van der Waals surface area contributed by atoms with E-state index in [1.165, 1.54) is 13.2 Å². The number of anilines is 1. The monoisotopic (exact) mass is 355 g/mol. The highest BCUT2D eigenvalue weighted by atomic mass is 32.2. The van der Waals surface area contributed by atoms with Gasteiger partial charge in [-0.3, -0.25) is 9.10 Å². The fourth-order valence-electron chi connectivity index (χ4n) is 1.92. The quantitative estimate of drug-likeness (QED) is 0.714. The van der Waals surface area contributed by atoms with Crippen molar-refractivity contribution in [1.29, 1.82) is 0 Å². The number of hydrogen-bond donors (Lipinski definition) is 0. The van der Waals surface area contributed by atoms with Gasteiger partial charge in [-0.25, -0.2) is 8.42 Å². The molecule has 23 heavy (non-hydrogen) atoms. The van der Waals surface area contributed by atoms with Gasteiger partial charge in [0, 0.05) is 6.07 Å². The van der Waals surface area contributed by atoms with Crippen molar-refractivity contribution in [3.8, 4) is 5.75 Å². The molecular formula is C15H17NO5S2. The highest BCUT2D eigenvalue weighted by molar-refractivity contribution is 7.94. The number of nitrogens with zero attached hydrogens (tertiary/aromatic N) is 1. The standard InChI is InChI=1S/C15H17NO5S2/c1-3-21-14(17)11-16(12-6-4-7-13(10-12)20-2)23(18,19)15-8-5-9-22-15/h4-10H,3,11H2,1-2H3. The smallest absolute Gasteiger partial charge is 0.326 e. The van der Waals surface area contributed by atoms with Gasteiger partial charge in [-0.05, 0) is 30.5 Å². The van der Waals surface area contributed by atoms with Crippen molar-refractivity contribution in [2.75, 3.05) is 24.6 Å². The summed E-state index contributed by atoms with van der Waals surface area (Å²) < 4.78 is 36.8. The van der Waals surface area contributed by atoms with E-state index >= 15 is 0 Å². The zero-order valence-corrected chi connectivity index (χ0v) is 14.4. The Morgan fingerprint density at radius 3 is 2.65 bits per heavy atom. The molecule has 0 saturated carbocycles. The predicted molar refractivity (Wildman–Crippen MR) is 88.5 cm³/mol. The van der Waals surface area contributed by atoms with E-state index in [9.17, 15) is 13.2 Å². The number of benzene rings is 1. The van der Waals surface area contributed by atoms with Gasteiger partial charge in [0.1, 0.15) is 16.5 Å². The van der Waals surface area contributed by atoms with Gasteiger partial charge in [-0.2, -0.15) is 0 Å². The molecule has 0 radical (unpaired) electrons. The molecule has 0 fully saturated rings. The number of carbonyl (C=O) groups is 1. The zero-order valence-electron chi connectivity index (χ0n) is 12.8. The molecular weight excluding hydrogens is 338 g/mol. The number of rotatable bonds is 7. The molecule has 0 aliphatic carbocycles. The minimum Gasteiger partial charge on any atom is -0.497 e. The molecule has 1 aromatic heterocycles. The van der Waals surface area contributed by atoms with Crippen LogP contribution in [0.5, 0.6) is 5.75 Å². The molecule has 2 rings (SSSR count). The zero-order chi connectivity index (χ0) is 16.9. The maximum absolute atomic E-state index is 12.8. The Balaban J connectivity index is 2.45. The van der Waals surface area contributed by atoms with Gasteiger partial charge in [0.05, 0.1) is 19.4 Å². The average Bonchev–Trinajstić information content (AvgIpc) is 3.08. The molecule has 124 valence electrons. The number of hydrogen-bond acceptors (Lipinski definition) is 6. The first-order chi connectivity index (χ1) is 11.0. The van der Waals surface area contributed by atoms with E-state index in [0.717, 1.165) is 15.6 Å². The third-order valence-electron chi connectivity index (χ3n) is 2.96. The summed E-state index contributed by atoms with van der Waals surface area (Å²) in [6, 6.07) is 9.67. The van der Waals surface area contributed by atoms with E-state index in [0.29, 0.717) is 11.4 Å². The predicted octanol–water partition coefficient (Wildman–Crippen LogP) is 2.52. The largest absolute Gasteiger partial charge is 0.497 e. The highest BCUT2D eigenvalue weighted by Gasteiger charge is 2.28. The van der Waals surface area contributed by atoms with Crippen LogP contribution in [0.3, 0.4) is 0 Å². The third-order valence-corrected chi connectivity index (χ3v) is 6.11. The van der Waals surface area contributed by atoms with Crippen LogP contribution in [0.2, 0.25) is 0 Å². The van der Waals surface area contributed by atoms with Crippen LogP contribution in [0, 0.1) is 0 Å². The Morgan fingerprint density at radius 1 is 1.26 bits per heavy atom. The summed E-state index contributed by atoms with van der Waals surface area (Å²) in [7, 11) is -2.37. The fourth-order valence-corrected chi connectivity index (χ4v) is 4.43. The normalized spacial score (nSPS) is 11.0. The van der Waals surface area contributed by atoms with Crippen molar-refractivity contribution in [2.45, 2.75) is 11.1 Å².